The van der Waals surface area contributed by atoms with Crippen LogP contribution in [0.4, 0.5) is 0 Å². The number of amides is 1. The molecule has 0 spiro atoms. The second-order valence-electron chi connectivity index (χ2n) is 5.26. The van der Waals surface area contributed by atoms with Gasteiger partial charge in [-0.2, -0.15) is 0 Å². The van der Waals surface area contributed by atoms with Crippen LogP contribution in [0.5, 0.6) is 0 Å². The largest absolute Gasteiger partial charge is 0.356 e. The van der Waals surface area contributed by atoms with Gasteiger partial charge in [0.2, 0.25) is 5.91 Å². The highest BCUT2D eigenvalue weighted by Crippen LogP contribution is 2.13. The molecule has 2 N–H and O–H groups in total. The van der Waals surface area contributed by atoms with Gasteiger partial charge >= 0.3 is 0 Å². The van der Waals surface area contributed by atoms with E-state index in [0.29, 0.717) is 6.42 Å². The number of nitrogens with zero attached hydrogens (tertiary/aromatic N) is 1. The van der Waals surface area contributed by atoms with E-state index in [0.717, 1.165) is 51.4 Å². The highest BCUT2D eigenvalue weighted by Gasteiger charge is 2.15. The molecule has 0 aromatic heterocycles. The standard InChI is InChI=1S/C13H27N3O/c1-16(2)10-4-3-8-15-13(17)6-5-12-7-9-14-11-12/h12,14H,3-11H2,1-2H3,(H,15,17). The van der Waals surface area contributed by atoms with Crippen LogP contribution in [0.2, 0.25) is 0 Å². The number of nitrogens with one attached hydrogen (secondary N) is 2. The molecule has 1 saturated heterocycles. The van der Waals surface area contributed by atoms with Gasteiger partial charge in [-0.25, -0.2) is 0 Å². The lowest BCUT2D eigenvalue weighted by Crippen LogP contribution is -2.25. The molecule has 1 amide bonds. The topological polar surface area (TPSA) is 44.4 Å². The number of carbonyl (C=O) groups excluding carboxylic acids is 1. The molecule has 1 heterocycles. The SMILES string of the molecule is CN(C)CCCCNC(=O)CCC1CCNC1. The van der Waals surface area contributed by atoms with E-state index < -0.39 is 0 Å². The van der Waals surface area contributed by atoms with Crippen LogP contribution < -0.4 is 10.6 Å². The first kappa shape index (κ1) is 14.5. The van der Waals surface area contributed by atoms with Crippen LogP contribution in [0.25, 0.3) is 0 Å². The molecule has 1 aliphatic heterocycles. The first-order valence-corrected chi connectivity index (χ1v) is 6.80. The molecular formula is C13H27N3O. The Morgan fingerprint density at radius 3 is 2.88 bits per heavy atom. The molecule has 1 fully saturated rings. The summed E-state index contributed by atoms with van der Waals surface area (Å²) in [5.74, 6) is 0.941. The zero-order valence-electron chi connectivity index (χ0n) is 11.3. The smallest absolute Gasteiger partial charge is 0.220 e. The monoisotopic (exact) mass is 241 g/mol. The van der Waals surface area contributed by atoms with Crippen molar-refractivity contribution in [1.29, 1.82) is 0 Å². The Hall–Kier alpha value is -0.610. The van der Waals surface area contributed by atoms with Gasteiger partial charge in [0.1, 0.15) is 0 Å². The molecule has 0 radical (unpaired) electrons. The van der Waals surface area contributed by atoms with Crippen LogP contribution in [-0.4, -0.2) is 51.1 Å². The molecule has 1 rings (SSSR count). The zero-order valence-corrected chi connectivity index (χ0v) is 11.3. The van der Waals surface area contributed by atoms with Crippen LogP contribution >= 0.6 is 0 Å². The molecular weight excluding hydrogens is 214 g/mol. The van der Waals surface area contributed by atoms with E-state index in [1.807, 2.05) is 0 Å². The van der Waals surface area contributed by atoms with E-state index >= 15 is 0 Å². The summed E-state index contributed by atoms with van der Waals surface area (Å²) in [4.78, 5) is 13.7. The maximum absolute atomic E-state index is 11.6. The van der Waals surface area contributed by atoms with Crippen molar-refractivity contribution in [3.05, 3.63) is 0 Å². The Kier molecular flexibility index (Phi) is 7.21. The maximum atomic E-state index is 11.6. The summed E-state index contributed by atoms with van der Waals surface area (Å²) in [6, 6.07) is 0. The third-order valence-electron chi connectivity index (χ3n) is 3.30. The van der Waals surface area contributed by atoms with Crippen LogP contribution in [0.15, 0.2) is 0 Å². The minimum atomic E-state index is 0.224. The minimum absolute atomic E-state index is 0.224. The number of hydrogen-bond donors (Lipinski definition) is 2. The average molecular weight is 241 g/mol. The fourth-order valence-electron chi connectivity index (χ4n) is 2.17. The third kappa shape index (κ3) is 7.34. The van der Waals surface area contributed by atoms with Crippen molar-refractivity contribution in [2.45, 2.75) is 32.1 Å². The summed E-state index contributed by atoms with van der Waals surface area (Å²) >= 11 is 0. The van der Waals surface area contributed by atoms with Crippen molar-refractivity contribution in [3.63, 3.8) is 0 Å². The summed E-state index contributed by atoms with van der Waals surface area (Å²) < 4.78 is 0. The number of hydrogen-bond acceptors (Lipinski definition) is 3. The summed E-state index contributed by atoms with van der Waals surface area (Å²) in [5, 5.41) is 6.33. The van der Waals surface area contributed by atoms with Gasteiger partial charge in [0.15, 0.2) is 0 Å². The lowest BCUT2D eigenvalue weighted by Gasteiger charge is -2.10. The van der Waals surface area contributed by atoms with Crippen molar-refractivity contribution in [3.8, 4) is 0 Å². The average Bonchev–Trinajstić information content (AvgIpc) is 2.78. The molecule has 100 valence electrons. The summed E-state index contributed by atoms with van der Waals surface area (Å²) in [7, 11) is 4.16. The van der Waals surface area contributed by atoms with E-state index in [1.165, 1.54) is 6.42 Å². The lowest BCUT2D eigenvalue weighted by molar-refractivity contribution is -0.121. The third-order valence-corrected chi connectivity index (χ3v) is 3.30. The van der Waals surface area contributed by atoms with E-state index in [1.54, 1.807) is 0 Å². The minimum Gasteiger partial charge on any atom is -0.356 e. The molecule has 4 nitrogen and oxygen atoms in total. The summed E-state index contributed by atoms with van der Waals surface area (Å²) in [5.41, 5.74) is 0. The molecule has 1 atom stereocenters. The molecule has 0 aromatic carbocycles. The molecule has 1 aliphatic rings. The van der Waals surface area contributed by atoms with Gasteiger partial charge in [-0.3, -0.25) is 4.79 Å². The van der Waals surface area contributed by atoms with Crippen molar-refractivity contribution >= 4 is 5.91 Å². The molecule has 4 heteroatoms. The first-order chi connectivity index (χ1) is 8.18. The Labute approximate surface area is 105 Å². The number of rotatable bonds is 8. The van der Waals surface area contributed by atoms with Gasteiger partial charge in [0.25, 0.3) is 0 Å². The van der Waals surface area contributed by atoms with Gasteiger partial charge in [-0.1, -0.05) is 0 Å². The van der Waals surface area contributed by atoms with Crippen molar-refractivity contribution in [2.24, 2.45) is 5.92 Å². The fraction of sp³-hybridized carbons (Fsp3) is 0.923. The molecule has 0 aromatic rings. The number of carbonyl (C=O) groups is 1. The summed E-state index contributed by atoms with van der Waals surface area (Å²) in [6.45, 7) is 4.14. The molecule has 0 aliphatic carbocycles. The fourth-order valence-corrected chi connectivity index (χ4v) is 2.17. The number of unbranched alkanes of at least 4 members (excludes halogenated alkanes) is 1. The Morgan fingerprint density at radius 1 is 1.41 bits per heavy atom. The second kappa shape index (κ2) is 8.48. The van der Waals surface area contributed by atoms with Crippen molar-refractivity contribution in [1.82, 2.24) is 15.5 Å². The van der Waals surface area contributed by atoms with Gasteiger partial charge in [0, 0.05) is 13.0 Å². The zero-order chi connectivity index (χ0) is 12.5. The van der Waals surface area contributed by atoms with E-state index in [-0.39, 0.29) is 5.91 Å². The predicted octanol–water partition coefficient (Wildman–Crippen LogP) is 0.834. The second-order valence-corrected chi connectivity index (χ2v) is 5.26. The molecule has 0 saturated carbocycles. The highest BCUT2D eigenvalue weighted by molar-refractivity contribution is 5.75. The van der Waals surface area contributed by atoms with Gasteiger partial charge in [-0.05, 0) is 65.3 Å². The quantitative estimate of drug-likeness (QED) is 0.619. The van der Waals surface area contributed by atoms with Crippen LogP contribution in [0.1, 0.15) is 32.1 Å². The first-order valence-electron chi connectivity index (χ1n) is 6.80. The van der Waals surface area contributed by atoms with Crippen LogP contribution in [-0.2, 0) is 4.79 Å². The molecule has 1 unspecified atom stereocenters. The molecule has 0 bridgehead atoms. The Bertz CT molecular complexity index is 213. The maximum Gasteiger partial charge on any atom is 0.220 e. The van der Waals surface area contributed by atoms with E-state index in [4.69, 9.17) is 0 Å². The predicted molar refractivity (Wildman–Crippen MR) is 71.0 cm³/mol. The van der Waals surface area contributed by atoms with Crippen molar-refractivity contribution < 1.29 is 4.79 Å². The Morgan fingerprint density at radius 2 is 2.24 bits per heavy atom. The Balaban J connectivity index is 1.90. The van der Waals surface area contributed by atoms with Crippen LogP contribution in [0.3, 0.4) is 0 Å². The van der Waals surface area contributed by atoms with E-state index in [9.17, 15) is 4.79 Å². The van der Waals surface area contributed by atoms with Gasteiger partial charge in [-0.15, -0.1) is 0 Å². The highest BCUT2D eigenvalue weighted by atomic mass is 16.1. The van der Waals surface area contributed by atoms with Gasteiger partial charge in [0.05, 0.1) is 0 Å². The normalized spacial score (nSPS) is 19.8. The van der Waals surface area contributed by atoms with Crippen LogP contribution in [0, 0.1) is 5.92 Å². The van der Waals surface area contributed by atoms with E-state index in [2.05, 4.69) is 29.6 Å². The summed E-state index contributed by atoms with van der Waals surface area (Å²) in [6.07, 6.45) is 5.20. The van der Waals surface area contributed by atoms with Crippen molar-refractivity contribution in [2.75, 3.05) is 40.3 Å². The van der Waals surface area contributed by atoms with Gasteiger partial charge < -0.3 is 15.5 Å². The molecule has 17 heavy (non-hydrogen) atoms. The lowest BCUT2D eigenvalue weighted by atomic mass is 10.0.